The van der Waals surface area contributed by atoms with Crippen molar-refractivity contribution < 1.29 is 9.84 Å². The van der Waals surface area contributed by atoms with Crippen molar-refractivity contribution in [1.82, 2.24) is 10.3 Å². The maximum Gasteiger partial charge on any atom is 0.0897 e. The Bertz CT molecular complexity index is 465. The van der Waals surface area contributed by atoms with E-state index in [2.05, 4.69) is 22.4 Å². The van der Waals surface area contributed by atoms with Gasteiger partial charge in [-0.15, -0.1) is 0 Å². The van der Waals surface area contributed by atoms with Gasteiger partial charge in [-0.25, -0.2) is 0 Å². The van der Waals surface area contributed by atoms with Gasteiger partial charge in [-0.05, 0) is 24.6 Å². The Morgan fingerprint density at radius 3 is 2.57 bits per heavy atom. The van der Waals surface area contributed by atoms with Crippen molar-refractivity contribution in [3.63, 3.8) is 0 Å². The number of hydrogen-bond donors (Lipinski definition) is 2. The lowest BCUT2D eigenvalue weighted by molar-refractivity contribution is 0.0419. The lowest BCUT2D eigenvalue weighted by Crippen LogP contribution is -2.34. The van der Waals surface area contributed by atoms with E-state index >= 15 is 0 Å². The predicted molar refractivity (Wildman–Crippen MR) is 83.0 cm³/mol. The third-order valence-corrected chi connectivity index (χ3v) is 3.19. The molecule has 0 aliphatic rings. The van der Waals surface area contributed by atoms with Crippen molar-refractivity contribution in [2.45, 2.75) is 19.1 Å². The van der Waals surface area contributed by atoms with E-state index in [-0.39, 0.29) is 6.04 Å². The lowest BCUT2D eigenvalue weighted by Gasteiger charge is -2.21. The van der Waals surface area contributed by atoms with Gasteiger partial charge in [-0.1, -0.05) is 36.4 Å². The number of rotatable bonds is 8. The number of aliphatic hydroxyl groups is 1. The molecule has 0 aliphatic carbocycles. The summed E-state index contributed by atoms with van der Waals surface area (Å²) in [6.45, 7) is 3.32. The normalized spacial score (nSPS) is 13.8. The van der Waals surface area contributed by atoms with Gasteiger partial charge in [0.05, 0.1) is 24.4 Å². The largest absolute Gasteiger partial charge is 0.389 e. The molecule has 4 heteroatoms. The molecule has 0 fully saturated rings. The fourth-order valence-corrected chi connectivity index (χ4v) is 2.15. The highest BCUT2D eigenvalue weighted by Gasteiger charge is 2.16. The van der Waals surface area contributed by atoms with Crippen LogP contribution in [0.15, 0.2) is 54.7 Å². The summed E-state index contributed by atoms with van der Waals surface area (Å²) < 4.78 is 5.23. The smallest absolute Gasteiger partial charge is 0.0897 e. The van der Waals surface area contributed by atoms with E-state index in [0.717, 1.165) is 11.3 Å². The quantitative estimate of drug-likeness (QED) is 0.781. The van der Waals surface area contributed by atoms with Crippen LogP contribution in [0.25, 0.3) is 0 Å². The Morgan fingerprint density at radius 1 is 1.14 bits per heavy atom. The lowest BCUT2D eigenvalue weighted by atomic mass is 10.0. The topological polar surface area (TPSA) is 54.4 Å². The summed E-state index contributed by atoms with van der Waals surface area (Å²) in [7, 11) is 0. The molecule has 2 unspecified atom stereocenters. The van der Waals surface area contributed by atoms with Crippen molar-refractivity contribution >= 4 is 0 Å². The molecule has 0 radical (unpaired) electrons. The first-order valence-corrected chi connectivity index (χ1v) is 7.26. The number of nitrogens with one attached hydrogen (secondary N) is 1. The third-order valence-electron chi connectivity index (χ3n) is 3.19. The van der Waals surface area contributed by atoms with Crippen molar-refractivity contribution in [3.05, 3.63) is 66.0 Å². The van der Waals surface area contributed by atoms with Crippen molar-refractivity contribution in [3.8, 4) is 0 Å². The number of ether oxygens (including phenoxy) is 1. The van der Waals surface area contributed by atoms with Crippen LogP contribution in [0.5, 0.6) is 0 Å². The molecule has 0 bridgehead atoms. The molecule has 0 saturated carbocycles. The van der Waals surface area contributed by atoms with E-state index in [1.165, 1.54) is 0 Å². The highest BCUT2D eigenvalue weighted by molar-refractivity contribution is 5.27. The Balaban J connectivity index is 2.07. The van der Waals surface area contributed by atoms with E-state index in [4.69, 9.17) is 4.74 Å². The summed E-state index contributed by atoms with van der Waals surface area (Å²) in [6, 6.07) is 15.9. The zero-order chi connectivity index (χ0) is 14.9. The number of nitrogens with zero attached hydrogens (tertiary/aromatic N) is 1. The molecular formula is C17H22N2O2. The Morgan fingerprint density at radius 2 is 1.90 bits per heavy atom. The van der Waals surface area contributed by atoms with Gasteiger partial charge in [-0.2, -0.15) is 0 Å². The first-order chi connectivity index (χ1) is 10.3. The number of aromatic nitrogens is 1. The summed E-state index contributed by atoms with van der Waals surface area (Å²) in [5.41, 5.74) is 2.06. The minimum atomic E-state index is -0.528. The van der Waals surface area contributed by atoms with Crippen LogP contribution >= 0.6 is 0 Å². The summed E-state index contributed by atoms with van der Waals surface area (Å²) >= 11 is 0. The van der Waals surface area contributed by atoms with Gasteiger partial charge in [-0.3, -0.25) is 4.98 Å². The number of pyridine rings is 1. The van der Waals surface area contributed by atoms with Gasteiger partial charge in [0.2, 0.25) is 0 Å². The number of benzene rings is 1. The molecule has 1 aromatic heterocycles. The van der Waals surface area contributed by atoms with Crippen LogP contribution in [0.1, 0.15) is 24.2 Å². The van der Waals surface area contributed by atoms with Crippen LogP contribution in [0.2, 0.25) is 0 Å². The monoisotopic (exact) mass is 286 g/mol. The number of aliphatic hydroxyl groups excluding tert-OH is 1. The zero-order valence-electron chi connectivity index (χ0n) is 12.3. The Kier molecular flexibility index (Phi) is 6.34. The number of hydrogen-bond acceptors (Lipinski definition) is 4. The first-order valence-electron chi connectivity index (χ1n) is 7.26. The molecule has 2 aromatic rings. The van der Waals surface area contributed by atoms with E-state index < -0.39 is 6.10 Å². The molecule has 2 rings (SSSR count). The fraction of sp³-hybridized carbons (Fsp3) is 0.353. The van der Waals surface area contributed by atoms with Crippen LogP contribution in [0, 0.1) is 0 Å². The van der Waals surface area contributed by atoms with Crippen molar-refractivity contribution in [2.75, 3.05) is 19.8 Å². The Hall–Kier alpha value is -1.75. The summed E-state index contributed by atoms with van der Waals surface area (Å²) in [5, 5.41) is 13.3. The molecule has 112 valence electrons. The molecule has 1 aromatic carbocycles. The maximum absolute atomic E-state index is 9.92. The second-order valence-electron chi connectivity index (χ2n) is 4.82. The van der Waals surface area contributed by atoms with E-state index in [1.54, 1.807) is 6.20 Å². The molecule has 0 saturated heterocycles. The van der Waals surface area contributed by atoms with Crippen molar-refractivity contribution in [2.24, 2.45) is 0 Å². The molecule has 4 nitrogen and oxygen atoms in total. The second-order valence-corrected chi connectivity index (χ2v) is 4.82. The van der Waals surface area contributed by atoms with Gasteiger partial charge < -0.3 is 15.2 Å². The SMILES string of the molecule is CCOCC(O)CNC(c1ccccc1)c1ccccn1. The first kappa shape index (κ1) is 15.6. The highest BCUT2D eigenvalue weighted by atomic mass is 16.5. The van der Waals surface area contributed by atoms with Gasteiger partial charge in [0.15, 0.2) is 0 Å². The van der Waals surface area contributed by atoms with Crippen LogP contribution in [0.4, 0.5) is 0 Å². The van der Waals surface area contributed by atoms with E-state index in [9.17, 15) is 5.11 Å². The van der Waals surface area contributed by atoms with Gasteiger partial charge in [0, 0.05) is 19.3 Å². The molecule has 21 heavy (non-hydrogen) atoms. The molecule has 0 amide bonds. The molecule has 0 aliphatic heterocycles. The van der Waals surface area contributed by atoms with Gasteiger partial charge in [0.1, 0.15) is 0 Å². The maximum atomic E-state index is 9.92. The van der Waals surface area contributed by atoms with Crippen LogP contribution < -0.4 is 5.32 Å². The summed E-state index contributed by atoms with van der Waals surface area (Å²) in [4.78, 5) is 4.42. The van der Waals surface area contributed by atoms with Crippen LogP contribution in [0.3, 0.4) is 0 Å². The molecule has 2 atom stereocenters. The van der Waals surface area contributed by atoms with E-state index in [1.807, 2.05) is 43.3 Å². The standard InChI is InChI=1S/C17H22N2O2/c1-2-21-13-15(20)12-19-17(14-8-4-3-5-9-14)16-10-6-7-11-18-16/h3-11,15,17,19-20H,2,12-13H2,1H3. The second kappa shape index (κ2) is 8.52. The zero-order valence-corrected chi connectivity index (χ0v) is 12.3. The van der Waals surface area contributed by atoms with Crippen LogP contribution in [-0.2, 0) is 4.74 Å². The van der Waals surface area contributed by atoms with Gasteiger partial charge in [0.25, 0.3) is 0 Å². The average molecular weight is 286 g/mol. The fourth-order valence-electron chi connectivity index (χ4n) is 2.15. The molecule has 0 spiro atoms. The van der Waals surface area contributed by atoms with Crippen LogP contribution in [-0.4, -0.2) is 36.0 Å². The van der Waals surface area contributed by atoms with Gasteiger partial charge >= 0.3 is 0 Å². The summed E-state index contributed by atoms with van der Waals surface area (Å²) in [5.74, 6) is 0. The summed E-state index contributed by atoms with van der Waals surface area (Å²) in [6.07, 6.45) is 1.25. The Labute approximate surface area is 125 Å². The average Bonchev–Trinajstić information content (AvgIpc) is 2.55. The third kappa shape index (κ3) is 4.93. The molecule has 2 N–H and O–H groups in total. The van der Waals surface area contributed by atoms with E-state index in [0.29, 0.717) is 19.8 Å². The minimum Gasteiger partial charge on any atom is -0.389 e. The molecule has 1 heterocycles. The van der Waals surface area contributed by atoms with Crippen molar-refractivity contribution in [1.29, 1.82) is 0 Å². The predicted octanol–water partition coefficient (Wildman–Crippen LogP) is 2.16. The molecular weight excluding hydrogens is 264 g/mol. The minimum absolute atomic E-state index is 0.0383. The highest BCUT2D eigenvalue weighted by Crippen LogP contribution is 2.19.